The molecule has 0 amide bonds. The summed E-state index contributed by atoms with van der Waals surface area (Å²) in [6.45, 7) is 1.99. The SMILES string of the molecule is COc1ccc(Cl)cc1C(=O)CC1CCCNC1. The number of carbonyl (C=O) groups excluding carboxylic acids is 1. The highest BCUT2D eigenvalue weighted by atomic mass is 35.5. The van der Waals surface area contributed by atoms with Crippen molar-refractivity contribution in [1.82, 2.24) is 5.32 Å². The predicted octanol–water partition coefficient (Wildman–Crippen LogP) is 2.92. The lowest BCUT2D eigenvalue weighted by Crippen LogP contribution is -2.31. The number of methoxy groups -OCH3 is 1. The van der Waals surface area contributed by atoms with Crippen molar-refractivity contribution in [3.8, 4) is 5.75 Å². The van der Waals surface area contributed by atoms with Crippen LogP contribution in [0.15, 0.2) is 18.2 Å². The van der Waals surface area contributed by atoms with Crippen LogP contribution in [0.25, 0.3) is 0 Å². The Labute approximate surface area is 112 Å². The van der Waals surface area contributed by atoms with E-state index in [0.717, 1.165) is 25.9 Å². The molecule has 1 saturated heterocycles. The van der Waals surface area contributed by atoms with Crippen molar-refractivity contribution < 1.29 is 9.53 Å². The van der Waals surface area contributed by atoms with Crippen molar-refractivity contribution in [2.45, 2.75) is 19.3 Å². The van der Waals surface area contributed by atoms with Crippen molar-refractivity contribution >= 4 is 17.4 Å². The Balaban J connectivity index is 2.09. The number of hydrogen-bond donors (Lipinski definition) is 1. The Bertz CT molecular complexity index is 428. The van der Waals surface area contributed by atoms with Gasteiger partial charge in [-0.1, -0.05) is 11.6 Å². The molecule has 1 aliphatic heterocycles. The van der Waals surface area contributed by atoms with Gasteiger partial charge in [0.1, 0.15) is 5.75 Å². The van der Waals surface area contributed by atoms with E-state index in [1.807, 2.05) is 0 Å². The number of nitrogens with one attached hydrogen (secondary N) is 1. The van der Waals surface area contributed by atoms with Gasteiger partial charge in [0.25, 0.3) is 0 Å². The van der Waals surface area contributed by atoms with E-state index in [4.69, 9.17) is 16.3 Å². The molecule has 4 heteroatoms. The number of ether oxygens (including phenoxy) is 1. The maximum absolute atomic E-state index is 12.3. The lowest BCUT2D eigenvalue weighted by Gasteiger charge is -2.22. The molecule has 1 aliphatic rings. The number of carbonyl (C=O) groups is 1. The second kappa shape index (κ2) is 6.21. The molecule has 0 spiro atoms. The fourth-order valence-corrected chi connectivity index (χ4v) is 2.54. The summed E-state index contributed by atoms with van der Waals surface area (Å²) in [6.07, 6.45) is 2.82. The first-order chi connectivity index (χ1) is 8.70. The van der Waals surface area contributed by atoms with Crippen molar-refractivity contribution in [3.63, 3.8) is 0 Å². The first kappa shape index (κ1) is 13.4. The molecule has 2 rings (SSSR count). The fourth-order valence-electron chi connectivity index (χ4n) is 2.37. The maximum Gasteiger partial charge on any atom is 0.166 e. The minimum atomic E-state index is 0.114. The van der Waals surface area contributed by atoms with Gasteiger partial charge in [-0.2, -0.15) is 0 Å². The Kier molecular flexibility index (Phi) is 4.61. The van der Waals surface area contributed by atoms with Crippen LogP contribution in [0, 0.1) is 5.92 Å². The molecule has 3 nitrogen and oxygen atoms in total. The summed E-state index contributed by atoms with van der Waals surface area (Å²) in [5.74, 6) is 1.14. The lowest BCUT2D eigenvalue weighted by atomic mass is 9.91. The molecule has 18 heavy (non-hydrogen) atoms. The second-order valence-corrected chi connectivity index (χ2v) is 5.12. The second-order valence-electron chi connectivity index (χ2n) is 4.68. The van der Waals surface area contributed by atoms with Crippen LogP contribution in [-0.4, -0.2) is 26.0 Å². The summed E-state index contributed by atoms with van der Waals surface area (Å²) in [5.41, 5.74) is 0.593. The largest absolute Gasteiger partial charge is 0.496 e. The minimum absolute atomic E-state index is 0.114. The molecule has 0 aliphatic carbocycles. The third kappa shape index (κ3) is 3.24. The topological polar surface area (TPSA) is 38.3 Å². The molecule has 0 bridgehead atoms. The van der Waals surface area contributed by atoms with E-state index in [1.165, 1.54) is 0 Å². The van der Waals surface area contributed by atoms with E-state index in [9.17, 15) is 4.79 Å². The summed E-state index contributed by atoms with van der Waals surface area (Å²) in [6, 6.07) is 5.17. The number of hydrogen-bond acceptors (Lipinski definition) is 3. The molecule has 1 N–H and O–H groups in total. The number of piperidine rings is 1. The van der Waals surface area contributed by atoms with Gasteiger partial charge in [0, 0.05) is 11.4 Å². The molecule has 0 radical (unpaired) electrons. The monoisotopic (exact) mass is 267 g/mol. The Morgan fingerprint density at radius 3 is 3.06 bits per heavy atom. The molecule has 0 saturated carbocycles. The van der Waals surface area contributed by atoms with E-state index in [0.29, 0.717) is 28.7 Å². The summed E-state index contributed by atoms with van der Waals surface area (Å²) in [4.78, 5) is 12.3. The van der Waals surface area contributed by atoms with Gasteiger partial charge in [0.05, 0.1) is 12.7 Å². The fraction of sp³-hybridized carbons (Fsp3) is 0.500. The van der Waals surface area contributed by atoms with E-state index in [1.54, 1.807) is 25.3 Å². The molecule has 1 heterocycles. The van der Waals surface area contributed by atoms with Gasteiger partial charge in [-0.25, -0.2) is 0 Å². The first-order valence-electron chi connectivity index (χ1n) is 6.28. The van der Waals surface area contributed by atoms with E-state index < -0.39 is 0 Å². The van der Waals surface area contributed by atoms with Crippen LogP contribution in [0.5, 0.6) is 5.75 Å². The highest BCUT2D eigenvalue weighted by Gasteiger charge is 2.20. The molecule has 98 valence electrons. The van der Waals surface area contributed by atoms with Crippen LogP contribution >= 0.6 is 11.6 Å². The number of Topliss-reactive ketones (excluding diaryl/α,β-unsaturated/α-hetero) is 1. The van der Waals surface area contributed by atoms with Crippen molar-refractivity contribution in [2.24, 2.45) is 5.92 Å². The van der Waals surface area contributed by atoms with Gasteiger partial charge < -0.3 is 10.1 Å². The zero-order chi connectivity index (χ0) is 13.0. The highest BCUT2D eigenvalue weighted by molar-refractivity contribution is 6.31. The molecule has 1 unspecified atom stereocenters. The average Bonchev–Trinajstić information content (AvgIpc) is 2.40. The molecule has 1 atom stereocenters. The van der Waals surface area contributed by atoms with Gasteiger partial charge in [0.2, 0.25) is 0 Å². The number of ketones is 1. The Morgan fingerprint density at radius 1 is 1.56 bits per heavy atom. The third-order valence-electron chi connectivity index (χ3n) is 3.33. The number of benzene rings is 1. The Hall–Kier alpha value is -1.06. The number of halogens is 1. The van der Waals surface area contributed by atoms with Crippen LogP contribution in [0.4, 0.5) is 0 Å². The van der Waals surface area contributed by atoms with Gasteiger partial charge in [-0.15, -0.1) is 0 Å². The van der Waals surface area contributed by atoms with Gasteiger partial charge >= 0.3 is 0 Å². The van der Waals surface area contributed by atoms with Crippen LogP contribution in [0.2, 0.25) is 5.02 Å². The quantitative estimate of drug-likeness (QED) is 0.853. The zero-order valence-electron chi connectivity index (χ0n) is 10.5. The summed E-state index contributed by atoms with van der Waals surface area (Å²) < 4.78 is 5.22. The van der Waals surface area contributed by atoms with E-state index >= 15 is 0 Å². The van der Waals surface area contributed by atoms with Crippen LogP contribution in [0.1, 0.15) is 29.6 Å². The first-order valence-corrected chi connectivity index (χ1v) is 6.66. The van der Waals surface area contributed by atoms with Gasteiger partial charge in [0.15, 0.2) is 5.78 Å². The number of rotatable bonds is 4. The average molecular weight is 268 g/mol. The summed E-state index contributed by atoms with van der Waals surface area (Å²) >= 11 is 5.94. The zero-order valence-corrected chi connectivity index (χ0v) is 11.3. The smallest absolute Gasteiger partial charge is 0.166 e. The maximum atomic E-state index is 12.3. The van der Waals surface area contributed by atoms with E-state index in [-0.39, 0.29) is 5.78 Å². The highest BCUT2D eigenvalue weighted by Crippen LogP contribution is 2.26. The van der Waals surface area contributed by atoms with Crippen molar-refractivity contribution in [3.05, 3.63) is 28.8 Å². The molecule has 1 aromatic rings. The lowest BCUT2D eigenvalue weighted by molar-refractivity contribution is 0.0951. The van der Waals surface area contributed by atoms with E-state index in [2.05, 4.69) is 5.32 Å². The third-order valence-corrected chi connectivity index (χ3v) is 3.57. The Morgan fingerprint density at radius 2 is 2.39 bits per heavy atom. The normalized spacial score (nSPS) is 19.6. The van der Waals surface area contributed by atoms with Crippen molar-refractivity contribution in [1.29, 1.82) is 0 Å². The summed E-state index contributed by atoms with van der Waals surface area (Å²) in [5, 5.41) is 3.89. The van der Waals surface area contributed by atoms with Gasteiger partial charge in [-0.05, 0) is 50.0 Å². The summed E-state index contributed by atoms with van der Waals surface area (Å²) in [7, 11) is 1.57. The standard InChI is InChI=1S/C14H18ClNO2/c1-18-14-5-4-11(15)8-12(14)13(17)7-10-3-2-6-16-9-10/h4-5,8,10,16H,2-3,6-7,9H2,1H3. The van der Waals surface area contributed by atoms with Gasteiger partial charge in [-0.3, -0.25) is 4.79 Å². The van der Waals surface area contributed by atoms with Crippen LogP contribution < -0.4 is 10.1 Å². The van der Waals surface area contributed by atoms with Crippen LogP contribution in [0.3, 0.4) is 0 Å². The predicted molar refractivity (Wildman–Crippen MR) is 72.5 cm³/mol. The molecular formula is C14H18ClNO2. The molecule has 0 aromatic heterocycles. The van der Waals surface area contributed by atoms with Crippen LogP contribution in [-0.2, 0) is 0 Å². The molecule has 1 fully saturated rings. The molecule has 1 aromatic carbocycles. The molecular weight excluding hydrogens is 250 g/mol. The minimum Gasteiger partial charge on any atom is -0.496 e. The van der Waals surface area contributed by atoms with Crippen molar-refractivity contribution in [2.75, 3.05) is 20.2 Å².